The molecule has 0 unspecified atom stereocenters. The molecule has 1 atom stereocenters. The van der Waals surface area contributed by atoms with E-state index in [0.717, 1.165) is 44.2 Å². The number of nitrogens with zero attached hydrogens (tertiary/aromatic N) is 5. The second kappa shape index (κ2) is 7.35. The van der Waals surface area contributed by atoms with Crippen LogP contribution < -0.4 is 4.74 Å². The Morgan fingerprint density at radius 1 is 1.27 bits per heavy atom. The van der Waals surface area contributed by atoms with Gasteiger partial charge in [-0.2, -0.15) is 0 Å². The van der Waals surface area contributed by atoms with E-state index in [0.29, 0.717) is 6.04 Å². The standard InChI is InChI=1S/C16H23N5O/c1-2-10-21-16(17-18-19-21)12-20-11-6-7-14(20)13-22-15-8-4-3-5-9-15/h3-5,8-9,14H,2,6-7,10-13H2,1H3/t14-/m1/s1. The van der Waals surface area contributed by atoms with Crippen LogP contribution in [0.2, 0.25) is 0 Å². The highest BCUT2D eigenvalue weighted by Crippen LogP contribution is 2.20. The van der Waals surface area contributed by atoms with Gasteiger partial charge in [-0.05, 0) is 48.4 Å². The Kier molecular flexibility index (Phi) is 5.00. The zero-order chi connectivity index (χ0) is 15.2. The van der Waals surface area contributed by atoms with Gasteiger partial charge >= 0.3 is 0 Å². The predicted molar refractivity (Wildman–Crippen MR) is 83.5 cm³/mol. The first-order valence-corrected chi connectivity index (χ1v) is 8.03. The van der Waals surface area contributed by atoms with Crippen molar-refractivity contribution >= 4 is 0 Å². The van der Waals surface area contributed by atoms with Crippen molar-refractivity contribution in [2.24, 2.45) is 0 Å². The number of hydrogen-bond acceptors (Lipinski definition) is 5. The molecule has 0 N–H and O–H groups in total. The second-order valence-electron chi connectivity index (χ2n) is 5.71. The summed E-state index contributed by atoms with van der Waals surface area (Å²) in [6.45, 7) is 5.62. The summed E-state index contributed by atoms with van der Waals surface area (Å²) >= 11 is 0. The minimum absolute atomic E-state index is 0.437. The van der Waals surface area contributed by atoms with E-state index in [1.165, 1.54) is 12.8 Å². The molecule has 0 bridgehead atoms. The fourth-order valence-corrected chi connectivity index (χ4v) is 2.90. The topological polar surface area (TPSA) is 56.1 Å². The lowest BCUT2D eigenvalue weighted by Crippen LogP contribution is -2.34. The predicted octanol–water partition coefficient (Wildman–Crippen LogP) is 2.13. The summed E-state index contributed by atoms with van der Waals surface area (Å²) in [7, 11) is 0. The SMILES string of the molecule is CCCn1nnnc1CN1CCC[C@@H]1COc1ccccc1. The zero-order valence-electron chi connectivity index (χ0n) is 13.1. The van der Waals surface area contributed by atoms with E-state index < -0.39 is 0 Å². The summed E-state index contributed by atoms with van der Waals surface area (Å²) in [5, 5.41) is 12.0. The lowest BCUT2D eigenvalue weighted by atomic mass is 10.2. The molecule has 1 aliphatic heterocycles. The van der Waals surface area contributed by atoms with Gasteiger partial charge in [-0.25, -0.2) is 4.68 Å². The molecule has 2 aromatic rings. The number of aromatic nitrogens is 4. The van der Waals surface area contributed by atoms with E-state index in [1.54, 1.807) is 0 Å². The fourth-order valence-electron chi connectivity index (χ4n) is 2.90. The van der Waals surface area contributed by atoms with E-state index >= 15 is 0 Å². The summed E-state index contributed by atoms with van der Waals surface area (Å²) in [4.78, 5) is 2.43. The summed E-state index contributed by atoms with van der Waals surface area (Å²) < 4.78 is 7.83. The van der Waals surface area contributed by atoms with Crippen molar-refractivity contribution in [1.82, 2.24) is 25.1 Å². The van der Waals surface area contributed by atoms with Gasteiger partial charge in [0, 0.05) is 12.6 Å². The number of tetrazole rings is 1. The van der Waals surface area contributed by atoms with Crippen LogP contribution in [0.25, 0.3) is 0 Å². The van der Waals surface area contributed by atoms with Gasteiger partial charge < -0.3 is 4.74 Å². The minimum atomic E-state index is 0.437. The fraction of sp³-hybridized carbons (Fsp3) is 0.562. The lowest BCUT2D eigenvalue weighted by molar-refractivity contribution is 0.162. The van der Waals surface area contributed by atoms with Gasteiger partial charge in [0.2, 0.25) is 0 Å². The molecule has 1 saturated heterocycles. The van der Waals surface area contributed by atoms with Crippen LogP contribution in [0.15, 0.2) is 30.3 Å². The summed E-state index contributed by atoms with van der Waals surface area (Å²) in [5.41, 5.74) is 0. The Bertz CT molecular complexity index is 571. The van der Waals surface area contributed by atoms with Crippen molar-refractivity contribution in [3.05, 3.63) is 36.2 Å². The van der Waals surface area contributed by atoms with Gasteiger partial charge in [-0.15, -0.1) is 5.10 Å². The van der Waals surface area contributed by atoms with E-state index in [2.05, 4.69) is 27.3 Å². The summed E-state index contributed by atoms with van der Waals surface area (Å²) in [6.07, 6.45) is 3.42. The molecular formula is C16H23N5O. The molecule has 0 aliphatic carbocycles. The maximum absolute atomic E-state index is 5.92. The van der Waals surface area contributed by atoms with Gasteiger partial charge in [-0.1, -0.05) is 25.1 Å². The molecule has 6 nitrogen and oxygen atoms in total. The Morgan fingerprint density at radius 3 is 2.95 bits per heavy atom. The smallest absolute Gasteiger partial charge is 0.165 e. The molecule has 118 valence electrons. The Hall–Kier alpha value is -1.95. The molecule has 1 aliphatic rings. The van der Waals surface area contributed by atoms with Crippen LogP contribution in [0.5, 0.6) is 5.75 Å². The Labute approximate surface area is 131 Å². The molecule has 3 rings (SSSR count). The van der Waals surface area contributed by atoms with Crippen LogP contribution >= 0.6 is 0 Å². The first-order chi connectivity index (χ1) is 10.9. The average molecular weight is 301 g/mol. The average Bonchev–Trinajstić information content (AvgIpc) is 3.17. The number of hydrogen-bond donors (Lipinski definition) is 0. The number of para-hydroxylation sites is 1. The number of rotatable bonds is 7. The molecule has 1 fully saturated rings. The number of benzene rings is 1. The van der Waals surface area contributed by atoms with E-state index in [1.807, 2.05) is 35.0 Å². The van der Waals surface area contributed by atoms with Crippen molar-refractivity contribution in [3.63, 3.8) is 0 Å². The van der Waals surface area contributed by atoms with Crippen LogP contribution in [-0.4, -0.2) is 44.3 Å². The van der Waals surface area contributed by atoms with Crippen molar-refractivity contribution < 1.29 is 4.74 Å². The first-order valence-electron chi connectivity index (χ1n) is 8.03. The quantitative estimate of drug-likeness (QED) is 0.784. The highest BCUT2D eigenvalue weighted by Gasteiger charge is 2.26. The molecule has 1 aromatic heterocycles. The maximum Gasteiger partial charge on any atom is 0.165 e. The van der Waals surface area contributed by atoms with Crippen LogP contribution in [0.4, 0.5) is 0 Å². The van der Waals surface area contributed by atoms with Crippen LogP contribution in [-0.2, 0) is 13.1 Å². The van der Waals surface area contributed by atoms with Crippen molar-refractivity contribution in [3.8, 4) is 5.75 Å². The first kappa shape index (κ1) is 15.0. The molecule has 0 saturated carbocycles. The Morgan fingerprint density at radius 2 is 2.14 bits per heavy atom. The molecule has 0 amide bonds. The monoisotopic (exact) mass is 301 g/mol. The third-order valence-corrected chi connectivity index (χ3v) is 4.07. The zero-order valence-corrected chi connectivity index (χ0v) is 13.1. The van der Waals surface area contributed by atoms with Crippen LogP contribution in [0.3, 0.4) is 0 Å². The molecule has 0 radical (unpaired) electrons. The van der Waals surface area contributed by atoms with Gasteiger partial charge in [0.25, 0.3) is 0 Å². The van der Waals surface area contributed by atoms with E-state index in [4.69, 9.17) is 4.74 Å². The molecule has 22 heavy (non-hydrogen) atoms. The Balaban J connectivity index is 1.57. The van der Waals surface area contributed by atoms with Crippen molar-refractivity contribution in [2.45, 2.75) is 45.3 Å². The number of aryl methyl sites for hydroxylation is 1. The molecule has 2 heterocycles. The van der Waals surface area contributed by atoms with Crippen molar-refractivity contribution in [1.29, 1.82) is 0 Å². The van der Waals surface area contributed by atoms with Gasteiger partial charge in [0.15, 0.2) is 5.82 Å². The van der Waals surface area contributed by atoms with Crippen LogP contribution in [0.1, 0.15) is 32.0 Å². The number of ether oxygens (including phenoxy) is 1. The van der Waals surface area contributed by atoms with Crippen molar-refractivity contribution in [2.75, 3.05) is 13.2 Å². The maximum atomic E-state index is 5.92. The largest absolute Gasteiger partial charge is 0.492 e. The molecule has 6 heteroatoms. The van der Waals surface area contributed by atoms with E-state index in [-0.39, 0.29) is 0 Å². The second-order valence-corrected chi connectivity index (χ2v) is 5.71. The summed E-state index contributed by atoms with van der Waals surface area (Å²) in [6, 6.07) is 10.4. The minimum Gasteiger partial charge on any atom is -0.492 e. The highest BCUT2D eigenvalue weighted by atomic mass is 16.5. The third-order valence-electron chi connectivity index (χ3n) is 4.07. The third kappa shape index (κ3) is 3.62. The summed E-state index contributed by atoms with van der Waals surface area (Å²) in [5.74, 6) is 1.89. The van der Waals surface area contributed by atoms with Gasteiger partial charge in [0.05, 0.1) is 6.54 Å². The molecule has 0 spiro atoms. The van der Waals surface area contributed by atoms with Crippen LogP contribution in [0, 0.1) is 0 Å². The normalized spacial score (nSPS) is 18.7. The molecular weight excluding hydrogens is 278 g/mol. The van der Waals surface area contributed by atoms with Gasteiger partial charge in [0.1, 0.15) is 12.4 Å². The lowest BCUT2D eigenvalue weighted by Gasteiger charge is -2.23. The molecule has 1 aromatic carbocycles. The number of likely N-dealkylation sites (tertiary alicyclic amines) is 1. The van der Waals surface area contributed by atoms with Gasteiger partial charge in [-0.3, -0.25) is 4.90 Å². The van der Waals surface area contributed by atoms with E-state index in [9.17, 15) is 0 Å². The highest BCUT2D eigenvalue weighted by molar-refractivity contribution is 5.21.